The summed E-state index contributed by atoms with van der Waals surface area (Å²) >= 11 is 0. The molecule has 1 aliphatic heterocycles. The molecule has 1 heterocycles. The van der Waals surface area contributed by atoms with E-state index in [1.807, 2.05) is 45.0 Å². The van der Waals surface area contributed by atoms with Crippen LogP contribution < -0.4 is 0 Å². The molecule has 170 valence electrons. The number of piperidine rings is 1. The van der Waals surface area contributed by atoms with Crippen LogP contribution in [0.25, 0.3) is 16.0 Å². The second-order valence-corrected chi connectivity index (χ2v) is 9.69. The summed E-state index contributed by atoms with van der Waals surface area (Å²) in [6, 6.07) is 14.2. The van der Waals surface area contributed by atoms with Crippen LogP contribution in [0, 0.1) is 19.4 Å². The molecule has 1 fully saturated rings. The topological polar surface area (TPSA) is 43.1 Å². The number of ether oxygens (including phenoxy) is 2. The van der Waals surface area contributed by atoms with Gasteiger partial charge in [0, 0.05) is 6.61 Å². The molecule has 1 saturated heterocycles. The van der Waals surface area contributed by atoms with Gasteiger partial charge in [0.05, 0.1) is 19.7 Å². The van der Waals surface area contributed by atoms with E-state index in [2.05, 4.69) is 34.9 Å². The highest BCUT2D eigenvalue weighted by molar-refractivity contribution is 5.72. The Morgan fingerprint density at radius 3 is 2.56 bits per heavy atom. The lowest BCUT2D eigenvalue weighted by atomic mass is 9.97. The Hall–Kier alpha value is -2.68. The molecular weight excluding hydrogens is 400 g/mol. The fourth-order valence-electron chi connectivity index (χ4n) is 4.08. The quantitative estimate of drug-likeness (QED) is 0.409. The van der Waals surface area contributed by atoms with Crippen molar-refractivity contribution in [3.8, 4) is 11.1 Å². The van der Waals surface area contributed by atoms with E-state index in [9.17, 15) is 4.79 Å². The summed E-state index contributed by atoms with van der Waals surface area (Å²) in [5.41, 5.74) is 4.73. The molecule has 0 spiro atoms. The van der Waals surface area contributed by atoms with Crippen LogP contribution in [0.3, 0.4) is 0 Å². The number of benzene rings is 2. The Morgan fingerprint density at radius 2 is 1.88 bits per heavy atom. The maximum Gasteiger partial charge on any atom is 0.320 e. The third-order valence-corrected chi connectivity index (χ3v) is 5.55. The van der Waals surface area contributed by atoms with Crippen molar-refractivity contribution in [3.05, 3.63) is 65.0 Å². The van der Waals surface area contributed by atoms with Crippen LogP contribution >= 0.6 is 0 Å². The number of nitrogens with zero attached hydrogens (tertiary/aromatic N) is 2. The number of rotatable bonds is 7. The van der Waals surface area contributed by atoms with Gasteiger partial charge >= 0.3 is 5.97 Å². The Balaban J connectivity index is 1.47. The van der Waals surface area contributed by atoms with Crippen LogP contribution in [0.5, 0.6) is 0 Å². The van der Waals surface area contributed by atoms with E-state index < -0.39 is 5.60 Å². The second-order valence-electron chi connectivity index (χ2n) is 9.69. The van der Waals surface area contributed by atoms with Gasteiger partial charge in [0.15, 0.2) is 5.69 Å². The predicted octanol–water partition coefficient (Wildman–Crippen LogP) is 5.78. The van der Waals surface area contributed by atoms with E-state index in [0.29, 0.717) is 24.8 Å². The number of likely N-dealkylation sites (tertiary alicyclic amines) is 1. The van der Waals surface area contributed by atoms with Gasteiger partial charge < -0.3 is 9.47 Å². The minimum Gasteiger partial charge on any atom is -0.459 e. The first-order valence-electron chi connectivity index (χ1n) is 11.3. The van der Waals surface area contributed by atoms with Gasteiger partial charge in [-0.15, -0.1) is 0 Å². The largest absolute Gasteiger partial charge is 0.459 e. The molecule has 0 atom stereocenters. The van der Waals surface area contributed by atoms with Gasteiger partial charge in [0.2, 0.25) is 0 Å². The van der Waals surface area contributed by atoms with E-state index in [0.717, 1.165) is 49.2 Å². The number of carbonyl (C=O) groups excluding carboxylic acids is 1. The zero-order valence-electron chi connectivity index (χ0n) is 19.7. The number of carbonyl (C=O) groups is 1. The maximum atomic E-state index is 12.0. The van der Waals surface area contributed by atoms with Crippen LogP contribution in [0.2, 0.25) is 0 Å². The fraction of sp³-hybridized carbons (Fsp3) is 0.481. The van der Waals surface area contributed by atoms with Crippen LogP contribution in [0.15, 0.2) is 42.5 Å². The SMILES string of the molecule is [C-]#[N+]c1cccc(-c2cc(C)cc(COCC3CCN(CC(=O)OC(C)(C)C)CC3)c2)c1. The summed E-state index contributed by atoms with van der Waals surface area (Å²) < 4.78 is 11.5. The molecule has 0 unspecified atom stereocenters. The minimum absolute atomic E-state index is 0.149. The van der Waals surface area contributed by atoms with Crippen molar-refractivity contribution in [2.45, 2.75) is 52.7 Å². The average molecular weight is 435 g/mol. The Labute approximate surface area is 192 Å². The summed E-state index contributed by atoms with van der Waals surface area (Å²) in [5.74, 6) is 0.369. The molecule has 5 heteroatoms. The predicted molar refractivity (Wildman–Crippen MR) is 128 cm³/mol. The first-order chi connectivity index (χ1) is 15.2. The highest BCUT2D eigenvalue weighted by Crippen LogP contribution is 2.27. The van der Waals surface area contributed by atoms with E-state index in [1.165, 1.54) is 5.56 Å². The van der Waals surface area contributed by atoms with Gasteiger partial charge in [-0.3, -0.25) is 9.69 Å². The zero-order chi connectivity index (χ0) is 23.1. The van der Waals surface area contributed by atoms with Crippen LogP contribution in [0.4, 0.5) is 5.69 Å². The minimum atomic E-state index is -0.432. The van der Waals surface area contributed by atoms with Crippen LogP contribution in [0.1, 0.15) is 44.7 Å². The lowest BCUT2D eigenvalue weighted by Gasteiger charge is -2.32. The van der Waals surface area contributed by atoms with Gasteiger partial charge in [-0.05, 0) is 88.4 Å². The van der Waals surface area contributed by atoms with Crippen molar-refractivity contribution in [3.63, 3.8) is 0 Å². The molecular formula is C27H34N2O3. The van der Waals surface area contributed by atoms with Gasteiger partial charge in [-0.2, -0.15) is 0 Å². The van der Waals surface area contributed by atoms with E-state index >= 15 is 0 Å². The van der Waals surface area contributed by atoms with Gasteiger partial charge in [0.25, 0.3) is 0 Å². The van der Waals surface area contributed by atoms with Crippen molar-refractivity contribution >= 4 is 11.7 Å². The molecule has 0 bridgehead atoms. The molecule has 0 radical (unpaired) electrons. The lowest BCUT2D eigenvalue weighted by molar-refractivity contribution is -0.156. The number of hydrogen-bond acceptors (Lipinski definition) is 4. The highest BCUT2D eigenvalue weighted by atomic mass is 16.6. The molecule has 2 aromatic carbocycles. The smallest absolute Gasteiger partial charge is 0.320 e. The number of esters is 1. The lowest BCUT2D eigenvalue weighted by Crippen LogP contribution is -2.40. The molecule has 0 amide bonds. The molecule has 3 rings (SSSR count). The summed E-state index contributed by atoms with van der Waals surface area (Å²) in [4.78, 5) is 17.7. The standard InChI is InChI=1S/C27H34N2O3/c1-20-13-22(15-24(14-20)23-7-6-8-25(16-23)28-5)19-31-18-21-9-11-29(12-10-21)17-26(30)32-27(2,3)4/h6-8,13-16,21H,9-12,17-19H2,1-4H3. The van der Waals surface area contributed by atoms with Crippen molar-refractivity contribution in [1.29, 1.82) is 0 Å². The van der Waals surface area contributed by atoms with Crippen LogP contribution in [-0.2, 0) is 20.9 Å². The third-order valence-electron chi connectivity index (χ3n) is 5.55. The monoisotopic (exact) mass is 434 g/mol. The van der Waals surface area contributed by atoms with Crippen molar-refractivity contribution in [2.24, 2.45) is 5.92 Å². The normalized spacial score (nSPS) is 15.3. The third kappa shape index (κ3) is 7.47. The summed E-state index contributed by atoms with van der Waals surface area (Å²) in [6.45, 7) is 18.5. The fourth-order valence-corrected chi connectivity index (χ4v) is 4.08. The van der Waals surface area contributed by atoms with Gasteiger partial charge in [-0.1, -0.05) is 35.9 Å². The molecule has 5 nitrogen and oxygen atoms in total. The molecule has 0 aliphatic carbocycles. The Bertz CT molecular complexity index is 964. The van der Waals surface area contributed by atoms with E-state index in [1.54, 1.807) is 0 Å². The Kier molecular flexibility index (Phi) is 8.06. The highest BCUT2D eigenvalue weighted by Gasteiger charge is 2.23. The molecule has 2 aromatic rings. The van der Waals surface area contributed by atoms with Gasteiger partial charge in [0.1, 0.15) is 5.60 Å². The second kappa shape index (κ2) is 10.8. The van der Waals surface area contributed by atoms with Crippen LogP contribution in [-0.4, -0.2) is 42.7 Å². The summed E-state index contributed by atoms with van der Waals surface area (Å²) in [7, 11) is 0. The van der Waals surface area contributed by atoms with E-state index in [-0.39, 0.29) is 5.97 Å². The summed E-state index contributed by atoms with van der Waals surface area (Å²) in [5, 5.41) is 0. The van der Waals surface area contributed by atoms with Crippen molar-refractivity contribution in [1.82, 2.24) is 4.90 Å². The van der Waals surface area contributed by atoms with Gasteiger partial charge in [-0.25, -0.2) is 4.85 Å². The zero-order valence-corrected chi connectivity index (χ0v) is 19.7. The van der Waals surface area contributed by atoms with Crippen molar-refractivity contribution in [2.75, 3.05) is 26.2 Å². The van der Waals surface area contributed by atoms with Crippen molar-refractivity contribution < 1.29 is 14.3 Å². The molecule has 32 heavy (non-hydrogen) atoms. The summed E-state index contributed by atoms with van der Waals surface area (Å²) in [6.07, 6.45) is 2.07. The van der Waals surface area contributed by atoms with E-state index in [4.69, 9.17) is 16.0 Å². The average Bonchev–Trinajstić information content (AvgIpc) is 2.73. The molecule has 0 aromatic heterocycles. The Morgan fingerprint density at radius 1 is 1.12 bits per heavy atom. The number of aryl methyl sites for hydroxylation is 1. The first-order valence-corrected chi connectivity index (χ1v) is 11.3. The first kappa shape index (κ1) is 24.0. The molecule has 0 N–H and O–H groups in total. The maximum absolute atomic E-state index is 12.0. The molecule has 0 saturated carbocycles. The molecule has 1 aliphatic rings. The number of hydrogen-bond donors (Lipinski definition) is 0.